The van der Waals surface area contributed by atoms with Gasteiger partial charge < -0.3 is 20.0 Å². The van der Waals surface area contributed by atoms with Gasteiger partial charge in [-0.2, -0.15) is 5.26 Å². The Kier molecular flexibility index (Phi) is 6.88. The minimum atomic E-state index is -1.09. The molecule has 0 aliphatic carbocycles. The Morgan fingerprint density at radius 2 is 1.97 bits per heavy atom. The number of H-pyrrole nitrogens is 1. The molecule has 2 atom stereocenters. The van der Waals surface area contributed by atoms with Crippen LogP contribution >= 0.6 is 0 Å². The fourth-order valence-corrected chi connectivity index (χ4v) is 3.44. The number of aromatic amines is 1. The highest BCUT2D eigenvalue weighted by Gasteiger charge is 2.26. The molecule has 8 heteroatoms. The third-order valence-electron chi connectivity index (χ3n) is 4.98. The number of nitrogens with one attached hydrogen (secondary N) is 2. The number of imidazole rings is 1. The average molecular weight is 419 g/mol. The van der Waals surface area contributed by atoms with Crippen molar-refractivity contribution in [2.24, 2.45) is 5.92 Å². The molecule has 2 aromatic heterocycles. The number of aliphatic carboxylic acids is 1. The van der Waals surface area contributed by atoms with Crippen molar-refractivity contribution in [3.63, 3.8) is 0 Å². The molecule has 31 heavy (non-hydrogen) atoms. The summed E-state index contributed by atoms with van der Waals surface area (Å²) in [5.74, 6) is -0.471. The summed E-state index contributed by atoms with van der Waals surface area (Å²) in [6.45, 7) is 4.10. The number of hydrogen-bond donors (Lipinski definition) is 3. The van der Waals surface area contributed by atoms with Crippen molar-refractivity contribution < 1.29 is 14.7 Å². The van der Waals surface area contributed by atoms with Crippen molar-refractivity contribution in [2.75, 3.05) is 0 Å². The van der Waals surface area contributed by atoms with Crippen molar-refractivity contribution in [1.29, 1.82) is 5.26 Å². The van der Waals surface area contributed by atoms with Crippen LogP contribution in [0.4, 0.5) is 0 Å². The van der Waals surface area contributed by atoms with Crippen LogP contribution < -0.4 is 5.32 Å². The molecule has 3 rings (SSSR count). The maximum atomic E-state index is 12.7. The molecule has 1 amide bonds. The average Bonchev–Trinajstić information content (AvgIpc) is 3.43. The molecule has 160 valence electrons. The number of nitrogens with zero attached hydrogens (tertiary/aromatic N) is 3. The van der Waals surface area contributed by atoms with Crippen LogP contribution in [-0.2, 0) is 9.59 Å². The maximum absolute atomic E-state index is 12.7. The van der Waals surface area contributed by atoms with Gasteiger partial charge in [-0.25, -0.2) is 9.78 Å². The number of carbonyl (C=O) groups is 2. The summed E-state index contributed by atoms with van der Waals surface area (Å²) in [5, 5.41) is 21.6. The molecule has 0 radical (unpaired) electrons. The SMILES string of the molecule is CC(C)C[C@H](NC(=O)C[C@H](C(=O)O)n1ccc(-c2ccc(C#N)cc2)c1)c1ncc[nH]1. The smallest absolute Gasteiger partial charge is 0.327 e. The molecule has 0 aliphatic heterocycles. The van der Waals surface area contributed by atoms with E-state index in [1.54, 1.807) is 55.1 Å². The zero-order valence-corrected chi connectivity index (χ0v) is 17.4. The molecule has 0 spiro atoms. The van der Waals surface area contributed by atoms with Gasteiger partial charge >= 0.3 is 5.97 Å². The van der Waals surface area contributed by atoms with Crippen molar-refractivity contribution in [3.8, 4) is 17.2 Å². The first-order valence-corrected chi connectivity index (χ1v) is 10.1. The Morgan fingerprint density at radius 3 is 2.55 bits per heavy atom. The third kappa shape index (κ3) is 5.60. The summed E-state index contributed by atoms with van der Waals surface area (Å²) >= 11 is 0. The van der Waals surface area contributed by atoms with E-state index in [1.165, 1.54) is 4.57 Å². The van der Waals surface area contributed by atoms with E-state index in [4.69, 9.17) is 5.26 Å². The monoisotopic (exact) mass is 419 g/mol. The van der Waals surface area contributed by atoms with Gasteiger partial charge in [-0.05, 0) is 41.7 Å². The number of nitriles is 1. The normalized spacial score (nSPS) is 12.8. The predicted molar refractivity (Wildman–Crippen MR) is 115 cm³/mol. The molecule has 0 saturated carbocycles. The van der Waals surface area contributed by atoms with Crippen molar-refractivity contribution in [2.45, 2.75) is 38.8 Å². The lowest BCUT2D eigenvalue weighted by Crippen LogP contribution is -2.33. The largest absolute Gasteiger partial charge is 0.480 e. The minimum Gasteiger partial charge on any atom is -0.480 e. The van der Waals surface area contributed by atoms with Gasteiger partial charge in [0.05, 0.1) is 24.1 Å². The van der Waals surface area contributed by atoms with E-state index in [2.05, 4.69) is 21.4 Å². The number of rotatable bonds is 9. The molecule has 0 bridgehead atoms. The number of benzene rings is 1. The molecular formula is C23H25N5O3. The first-order valence-electron chi connectivity index (χ1n) is 10.1. The molecular weight excluding hydrogens is 394 g/mol. The van der Waals surface area contributed by atoms with Crippen LogP contribution in [0.15, 0.2) is 55.1 Å². The summed E-state index contributed by atoms with van der Waals surface area (Å²) in [6, 6.07) is 9.54. The summed E-state index contributed by atoms with van der Waals surface area (Å²) in [4.78, 5) is 31.9. The van der Waals surface area contributed by atoms with Crippen LogP contribution in [0.3, 0.4) is 0 Å². The van der Waals surface area contributed by atoms with Crippen LogP contribution in [0.1, 0.15) is 50.2 Å². The van der Waals surface area contributed by atoms with Crippen molar-refractivity contribution in [3.05, 3.63) is 66.5 Å². The fourth-order valence-electron chi connectivity index (χ4n) is 3.44. The van der Waals surface area contributed by atoms with E-state index in [1.807, 2.05) is 13.8 Å². The van der Waals surface area contributed by atoms with E-state index in [9.17, 15) is 14.7 Å². The van der Waals surface area contributed by atoms with Gasteiger partial charge in [-0.1, -0.05) is 26.0 Å². The lowest BCUT2D eigenvalue weighted by Gasteiger charge is -2.20. The molecule has 2 heterocycles. The van der Waals surface area contributed by atoms with Crippen LogP contribution in [-0.4, -0.2) is 31.5 Å². The fraction of sp³-hybridized carbons (Fsp3) is 0.304. The van der Waals surface area contributed by atoms with E-state index in [0.717, 1.165) is 11.1 Å². The third-order valence-corrected chi connectivity index (χ3v) is 4.98. The lowest BCUT2D eigenvalue weighted by molar-refractivity contribution is -0.143. The second-order valence-corrected chi connectivity index (χ2v) is 7.82. The molecule has 0 unspecified atom stereocenters. The standard InChI is InChI=1S/C23H25N5O3/c1-15(2)11-19(22-25-8-9-26-22)27-21(29)12-20(23(30)31)28-10-7-18(14-28)17-5-3-16(13-24)4-6-17/h3-10,14-15,19-20H,11-12H2,1-2H3,(H,25,26)(H,27,29)(H,30,31)/t19-,20+/m0/s1. The van der Waals surface area contributed by atoms with E-state index in [0.29, 0.717) is 23.7 Å². The first kappa shape index (κ1) is 21.8. The van der Waals surface area contributed by atoms with Gasteiger partial charge in [0, 0.05) is 24.8 Å². The summed E-state index contributed by atoms with van der Waals surface area (Å²) in [5.41, 5.74) is 2.22. The number of aromatic nitrogens is 3. The topological polar surface area (TPSA) is 124 Å². The second kappa shape index (κ2) is 9.76. The zero-order valence-electron chi connectivity index (χ0n) is 17.4. The molecule has 0 fully saturated rings. The molecule has 1 aromatic carbocycles. The number of carboxylic acids is 1. The van der Waals surface area contributed by atoms with E-state index in [-0.39, 0.29) is 18.4 Å². The summed E-state index contributed by atoms with van der Waals surface area (Å²) < 4.78 is 1.53. The molecule has 3 N–H and O–H groups in total. The molecule has 3 aromatic rings. The quantitative estimate of drug-likeness (QED) is 0.488. The Balaban J connectivity index is 1.73. The highest BCUT2D eigenvalue weighted by atomic mass is 16.4. The van der Waals surface area contributed by atoms with Gasteiger partial charge in [0.25, 0.3) is 0 Å². The number of carboxylic acid groups (broad SMARTS) is 1. The second-order valence-electron chi connectivity index (χ2n) is 7.82. The zero-order chi connectivity index (χ0) is 22.4. The predicted octanol–water partition coefficient (Wildman–Crippen LogP) is 3.67. The van der Waals surface area contributed by atoms with Gasteiger partial charge in [0.2, 0.25) is 5.91 Å². The van der Waals surface area contributed by atoms with Gasteiger partial charge in [0.15, 0.2) is 0 Å². The van der Waals surface area contributed by atoms with E-state index < -0.39 is 12.0 Å². The number of hydrogen-bond acceptors (Lipinski definition) is 4. The van der Waals surface area contributed by atoms with Crippen LogP contribution in [0.2, 0.25) is 0 Å². The molecule has 8 nitrogen and oxygen atoms in total. The van der Waals surface area contributed by atoms with Crippen LogP contribution in [0, 0.1) is 17.2 Å². The highest BCUT2D eigenvalue weighted by molar-refractivity contribution is 5.83. The molecule has 0 aliphatic rings. The van der Waals surface area contributed by atoms with Crippen LogP contribution in [0.5, 0.6) is 0 Å². The van der Waals surface area contributed by atoms with Crippen molar-refractivity contribution >= 4 is 11.9 Å². The Labute approximate surface area is 180 Å². The minimum absolute atomic E-state index is 0.202. The lowest BCUT2D eigenvalue weighted by atomic mass is 10.0. The van der Waals surface area contributed by atoms with E-state index >= 15 is 0 Å². The summed E-state index contributed by atoms with van der Waals surface area (Å²) in [7, 11) is 0. The maximum Gasteiger partial charge on any atom is 0.327 e. The van der Waals surface area contributed by atoms with Gasteiger partial charge in [-0.3, -0.25) is 4.79 Å². The number of carbonyl (C=O) groups excluding carboxylic acids is 1. The van der Waals surface area contributed by atoms with Gasteiger partial charge in [-0.15, -0.1) is 0 Å². The first-order chi connectivity index (χ1) is 14.9. The number of amides is 1. The van der Waals surface area contributed by atoms with Crippen LogP contribution in [0.25, 0.3) is 11.1 Å². The Bertz CT molecular complexity index is 1060. The highest BCUT2D eigenvalue weighted by Crippen LogP contribution is 2.24. The summed E-state index contributed by atoms with van der Waals surface area (Å²) in [6.07, 6.45) is 7.15. The van der Waals surface area contributed by atoms with Gasteiger partial charge in [0.1, 0.15) is 11.9 Å². The Morgan fingerprint density at radius 1 is 1.23 bits per heavy atom. The van der Waals surface area contributed by atoms with Crippen molar-refractivity contribution in [1.82, 2.24) is 19.9 Å². The Hall–Kier alpha value is -3.86. The molecule has 0 saturated heterocycles.